The first-order chi connectivity index (χ1) is 10.3. The Morgan fingerprint density at radius 3 is 2.59 bits per heavy atom. The molecule has 22 heavy (non-hydrogen) atoms. The summed E-state index contributed by atoms with van der Waals surface area (Å²) in [6.45, 7) is 1.70. The number of sulfone groups is 1. The molecule has 1 unspecified atom stereocenters. The molecule has 0 spiro atoms. The Bertz CT molecular complexity index is 720. The van der Waals surface area contributed by atoms with Crippen LogP contribution in [0, 0.1) is 12.3 Å². The Kier molecular flexibility index (Phi) is 3.47. The molecule has 1 saturated heterocycles. The number of hydrogen-bond acceptors (Lipinski definition) is 6. The normalized spacial score (nSPS) is 24.7. The van der Waals surface area contributed by atoms with E-state index in [9.17, 15) is 18.0 Å². The van der Waals surface area contributed by atoms with Crippen molar-refractivity contribution in [3.63, 3.8) is 0 Å². The Labute approximate surface area is 127 Å². The van der Waals surface area contributed by atoms with Gasteiger partial charge in [0.15, 0.2) is 15.7 Å². The van der Waals surface area contributed by atoms with E-state index in [4.69, 9.17) is 4.52 Å². The number of anilines is 1. The minimum absolute atomic E-state index is 0.0566. The van der Waals surface area contributed by atoms with E-state index >= 15 is 0 Å². The van der Waals surface area contributed by atoms with Crippen molar-refractivity contribution in [3.8, 4) is 0 Å². The molecule has 1 saturated carbocycles. The molecular weight excluding hydrogens is 310 g/mol. The first-order valence-corrected chi connectivity index (χ1v) is 8.89. The van der Waals surface area contributed by atoms with Crippen LogP contribution in [0.25, 0.3) is 0 Å². The van der Waals surface area contributed by atoms with Crippen LogP contribution in [0.2, 0.25) is 0 Å². The third-order valence-corrected chi connectivity index (χ3v) is 5.82. The summed E-state index contributed by atoms with van der Waals surface area (Å²) in [6, 6.07) is 1.16. The van der Waals surface area contributed by atoms with Gasteiger partial charge in [-0.25, -0.2) is 8.42 Å². The third-order valence-electron chi connectivity index (χ3n) is 4.06. The van der Waals surface area contributed by atoms with Gasteiger partial charge in [0.05, 0.1) is 11.5 Å². The summed E-state index contributed by atoms with van der Waals surface area (Å²) < 4.78 is 27.7. The third kappa shape index (κ3) is 2.85. The fraction of sp³-hybridized carbons (Fsp3) is 0.615. The number of hydrogen-bond donors (Lipinski definition) is 2. The second-order valence-electron chi connectivity index (χ2n) is 5.93. The van der Waals surface area contributed by atoms with Gasteiger partial charge < -0.3 is 15.2 Å². The molecule has 2 N–H and O–H groups in total. The lowest BCUT2D eigenvalue weighted by molar-refractivity contribution is -0.134. The molecule has 1 aliphatic carbocycles. The van der Waals surface area contributed by atoms with Gasteiger partial charge in [-0.3, -0.25) is 9.59 Å². The molecular formula is C13H17N3O5S. The van der Waals surface area contributed by atoms with E-state index < -0.39 is 33.1 Å². The molecule has 8 nitrogen and oxygen atoms in total. The zero-order chi connectivity index (χ0) is 16.0. The minimum atomic E-state index is -3.07. The largest absolute Gasteiger partial charge is 0.360 e. The van der Waals surface area contributed by atoms with Crippen molar-refractivity contribution in [2.24, 2.45) is 5.41 Å². The lowest BCUT2D eigenvalue weighted by Gasteiger charge is -2.17. The molecule has 1 atom stereocenters. The summed E-state index contributed by atoms with van der Waals surface area (Å²) >= 11 is 0. The number of carbonyl (C=O) groups excluding carboxylic acids is 2. The Hall–Kier alpha value is -1.90. The van der Waals surface area contributed by atoms with Gasteiger partial charge in [0.1, 0.15) is 11.2 Å². The molecule has 1 aromatic heterocycles. The molecule has 2 amide bonds. The second-order valence-corrected chi connectivity index (χ2v) is 8.16. The zero-order valence-corrected chi connectivity index (χ0v) is 12.9. The van der Waals surface area contributed by atoms with Crippen molar-refractivity contribution in [1.29, 1.82) is 0 Å². The van der Waals surface area contributed by atoms with Crippen LogP contribution in [0.1, 0.15) is 25.0 Å². The highest BCUT2D eigenvalue weighted by molar-refractivity contribution is 7.91. The summed E-state index contributed by atoms with van der Waals surface area (Å²) in [5.74, 6) is 0.00567. The highest BCUT2D eigenvalue weighted by Crippen LogP contribution is 2.47. The van der Waals surface area contributed by atoms with Gasteiger partial charge in [-0.2, -0.15) is 0 Å². The second kappa shape index (κ2) is 5.08. The van der Waals surface area contributed by atoms with E-state index in [1.807, 2.05) is 0 Å². The molecule has 2 aliphatic rings. The molecule has 1 aliphatic heterocycles. The predicted molar refractivity (Wildman–Crippen MR) is 76.7 cm³/mol. The first kappa shape index (κ1) is 15.0. The Balaban J connectivity index is 1.63. The Morgan fingerprint density at radius 1 is 1.36 bits per heavy atom. The molecule has 0 aromatic carbocycles. The summed E-state index contributed by atoms with van der Waals surface area (Å²) in [6.07, 6.45) is 1.29. The smallest absolute Gasteiger partial charge is 0.241 e. The highest BCUT2D eigenvalue weighted by Gasteiger charge is 2.57. The van der Waals surface area contributed by atoms with E-state index in [0.29, 0.717) is 25.0 Å². The quantitative estimate of drug-likeness (QED) is 0.752. The average Bonchev–Trinajstić information content (AvgIpc) is 3.05. The van der Waals surface area contributed by atoms with E-state index in [0.717, 1.165) is 0 Å². The molecule has 0 bridgehead atoms. The summed E-state index contributed by atoms with van der Waals surface area (Å²) in [7, 11) is -3.07. The SMILES string of the molecule is Cc1cc(NC(=O)C2(C(=O)NC3CCS(=O)(=O)C3)CC2)no1. The number of nitrogens with zero attached hydrogens (tertiary/aromatic N) is 1. The van der Waals surface area contributed by atoms with Crippen molar-refractivity contribution in [2.45, 2.75) is 32.2 Å². The lowest BCUT2D eigenvalue weighted by atomic mass is 10.0. The van der Waals surface area contributed by atoms with Gasteiger partial charge in [0.25, 0.3) is 0 Å². The Morgan fingerprint density at radius 2 is 2.09 bits per heavy atom. The molecule has 9 heteroatoms. The maximum atomic E-state index is 12.3. The molecule has 2 fully saturated rings. The maximum absolute atomic E-state index is 12.3. The lowest BCUT2D eigenvalue weighted by Crippen LogP contribution is -2.45. The zero-order valence-electron chi connectivity index (χ0n) is 12.1. The fourth-order valence-electron chi connectivity index (χ4n) is 2.58. The number of nitrogens with one attached hydrogen (secondary N) is 2. The molecule has 1 aromatic rings. The average molecular weight is 327 g/mol. The highest BCUT2D eigenvalue weighted by atomic mass is 32.2. The summed E-state index contributed by atoms with van der Waals surface area (Å²) in [5.41, 5.74) is -1.11. The predicted octanol–water partition coefficient (Wildman–Crippen LogP) is 0.00502. The number of carbonyl (C=O) groups is 2. The van der Waals surface area contributed by atoms with Crippen molar-refractivity contribution in [1.82, 2.24) is 10.5 Å². The number of aromatic nitrogens is 1. The van der Waals surface area contributed by atoms with E-state index in [-0.39, 0.29) is 17.3 Å². The maximum Gasteiger partial charge on any atom is 0.241 e. The van der Waals surface area contributed by atoms with Crippen LogP contribution in [0.4, 0.5) is 5.82 Å². The van der Waals surface area contributed by atoms with Crippen LogP contribution >= 0.6 is 0 Å². The standard InChI is InChI=1S/C13H17N3O5S/c1-8-6-10(16-21-8)15-12(18)13(3-4-13)11(17)14-9-2-5-22(19,20)7-9/h6,9H,2-5,7H2,1H3,(H,14,17)(H,15,16,18). The topological polar surface area (TPSA) is 118 Å². The van der Waals surface area contributed by atoms with Crippen LogP contribution < -0.4 is 10.6 Å². The van der Waals surface area contributed by atoms with Crippen LogP contribution in [-0.4, -0.2) is 42.9 Å². The van der Waals surface area contributed by atoms with Crippen molar-refractivity contribution in [3.05, 3.63) is 11.8 Å². The minimum Gasteiger partial charge on any atom is -0.360 e. The van der Waals surface area contributed by atoms with Gasteiger partial charge in [0.2, 0.25) is 11.8 Å². The number of rotatable bonds is 4. The van der Waals surface area contributed by atoms with E-state index in [1.54, 1.807) is 13.0 Å². The fourth-order valence-corrected chi connectivity index (χ4v) is 4.25. The van der Waals surface area contributed by atoms with Gasteiger partial charge in [-0.05, 0) is 26.2 Å². The van der Waals surface area contributed by atoms with Gasteiger partial charge in [-0.15, -0.1) is 0 Å². The van der Waals surface area contributed by atoms with Crippen molar-refractivity contribution >= 4 is 27.5 Å². The molecule has 3 rings (SSSR count). The van der Waals surface area contributed by atoms with Crippen LogP contribution in [0.5, 0.6) is 0 Å². The summed E-state index contributed by atoms with van der Waals surface area (Å²) in [4.78, 5) is 24.6. The molecule has 0 radical (unpaired) electrons. The molecule has 120 valence electrons. The van der Waals surface area contributed by atoms with Crippen LogP contribution in [0.15, 0.2) is 10.6 Å². The summed E-state index contributed by atoms with van der Waals surface area (Å²) in [5, 5.41) is 8.91. The van der Waals surface area contributed by atoms with Crippen LogP contribution in [0.3, 0.4) is 0 Å². The molecule has 2 heterocycles. The van der Waals surface area contributed by atoms with Gasteiger partial charge >= 0.3 is 0 Å². The van der Waals surface area contributed by atoms with Crippen molar-refractivity contribution < 1.29 is 22.5 Å². The van der Waals surface area contributed by atoms with Gasteiger partial charge in [0, 0.05) is 12.1 Å². The first-order valence-electron chi connectivity index (χ1n) is 7.07. The monoisotopic (exact) mass is 327 g/mol. The van der Waals surface area contributed by atoms with Gasteiger partial charge in [-0.1, -0.05) is 5.16 Å². The number of aryl methyl sites for hydroxylation is 1. The number of amides is 2. The van der Waals surface area contributed by atoms with Crippen molar-refractivity contribution in [2.75, 3.05) is 16.8 Å². The van der Waals surface area contributed by atoms with E-state index in [1.165, 1.54) is 0 Å². The van der Waals surface area contributed by atoms with Crippen LogP contribution in [-0.2, 0) is 19.4 Å². The van der Waals surface area contributed by atoms with E-state index in [2.05, 4.69) is 15.8 Å².